The quantitative estimate of drug-likeness (QED) is 0.652. The van der Waals surface area contributed by atoms with Crippen LogP contribution in [0.2, 0.25) is 0 Å². The summed E-state index contributed by atoms with van der Waals surface area (Å²) in [4.78, 5) is 7.30. The topological polar surface area (TPSA) is 58.1 Å². The highest BCUT2D eigenvalue weighted by Gasteiger charge is 2.42. The molecule has 1 aromatic rings. The van der Waals surface area contributed by atoms with Crippen LogP contribution in [0.1, 0.15) is 11.5 Å². The van der Waals surface area contributed by atoms with Crippen molar-refractivity contribution in [2.75, 3.05) is 19.8 Å². The fourth-order valence-corrected chi connectivity index (χ4v) is 1.33. The lowest BCUT2D eigenvalue weighted by Crippen LogP contribution is -2.50. The third-order valence-corrected chi connectivity index (χ3v) is 2.26. The van der Waals surface area contributed by atoms with E-state index in [-0.39, 0.29) is 12.0 Å². The molecule has 1 saturated heterocycles. The molecule has 12 heavy (non-hydrogen) atoms. The van der Waals surface area contributed by atoms with Gasteiger partial charge in [-0.25, -0.2) is 4.98 Å². The van der Waals surface area contributed by atoms with Gasteiger partial charge in [-0.05, 0) is 6.92 Å². The van der Waals surface area contributed by atoms with Crippen molar-refractivity contribution in [1.82, 2.24) is 9.97 Å². The van der Waals surface area contributed by atoms with Crippen LogP contribution in [0.15, 0.2) is 6.20 Å². The molecule has 0 atom stereocenters. The molecule has 0 aliphatic carbocycles. The summed E-state index contributed by atoms with van der Waals surface area (Å²) < 4.78 is 5.07. The standard InChI is InChI=1S/C8H12N2O2/c1-6-2-9-7(10-6)8(3-11)4-12-5-8/h2,11H,3-5H2,1H3,(H,9,10). The molecule has 1 aliphatic rings. The normalized spacial score (nSPS) is 20.5. The number of H-pyrrole nitrogens is 1. The van der Waals surface area contributed by atoms with Crippen LogP contribution in [0.4, 0.5) is 0 Å². The van der Waals surface area contributed by atoms with Gasteiger partial charge in [-0.1, -0.05) is 0 Å². The molecule has 2 rings (SSSR count). The Hall–Kier alpha value is -0.870. The highest BCUT2D eigenvalue weighted by Crippen LogP contribution is 2.29. The molecule has 0 saturated carbocycles. The number of aliphatic hydroxyl groups excluding tert-OH is 1. The maximum atomic E-state index is 9.16. The largest absolute Gasteiger partial charge is 0.395 e. The summed E-state index contributed by atoms with van der Waals surface area (Å²) in [6.07, 6.45) is 1.77. The van der Waals surface area contributed by atoms with Crippen LogP contribution in [-0.4, -0.2) is 34.9 Å². The zero-order chi connectivity index (χ0) is 8.60. The van der Waals surface area contributed by atoms with Crippen LogP contribution in [-0.2, 0) is 10.2 Å². The second kappa shape index (κ2) is 2.57. The zero-order valence-corrected chi connectivity index (χ0v) is 7.00. The monoisotopic (exact) mass is 168 g/mol. The Kier molecular flexibility index (Phi) is 1.66. The fourth-order valence-electron chi connectivity index (χ4n) is 1.33. The van der Waals surface area contributed by atoms with Gasteiger partial charge in [-0.15, -0.1) is 0 Å². The van der Waals surface area contributed by atoms with Gasteiger partial charge in [0.05, 0.1) is 25.2 Å². The molecule has 1 aliphatic heterocycles. The zero-order valence-electron chi connectivity index (χ0n) is 7.00. The van der Waals surface area contributed by atoms with Crippen molar-refractivity contribution in [3.05, 3.63) is 17.7 Å². The molecule has 0 unspecified atom stereocenters. The van der Waals surface area contributed by atoms with Crippen LogP contribution >= 0.6 is 0 Å². The van der Waals surface area contributed by atoms with Gasteiger partial charge in [0.25, 0.3) is 0 Å². The highest BCUT2D eigenvalue weighted by atomic mass is 16.5. The van der Waals surface area contributed by atoms with E-state index in [4.69, 9.17) is 9.84 Å². The van der Waals surface area contributed by atoms with E-state index in [9.17, 15) is 0 Å². The second-order valence-corrected chi connectivity index (χ2v) is 3.35. The SMILES string of the molecule is Cc1cnc(C2(CO)COC2)[nH]1. The highest BCUT2D eigenvalue weighted by molar-refractivity contribution is 5.15. The van der Waals surface area contributed by atoms with Gasteiger partial charge in [0.1, 0.15) is 5.82 Å². The van der Waals surface area contributed by atoms with Crippen molar-refractivity contribution in [2.45, 2.75) is 12.3 Å². The van der Waals surface area contributed by atoms with Crippen LogP contribution in [0, 0.1) is 6.92 Å². The number of rotatable bonds is 2. The van der Waals surface area contributed by atoms with Crippen molar-refractivity contribution in [3.63, 3.8) is 0 Å². The maximum Gasteiger partial charge on any atom is 0.119 e. The van der Waals surface area contributed by atoms with Gasteiger partial charge in [0.15, 0.2) is 0 Å². The number of aromatic nitrogens is 2. The smallest absolute Gasteiger partial charge is 0.119 e. The third-order valence-electron chi connectivity index (χ3n) is 2.26. The number of ether oxygens (including phenoxy) is 1. The number of aryl methyl sites for hydroxylation is 1. The minimum absolute atomic E-state index is 0.0972. The summed E-state index contributed by atoms with van der Waals surface area (Å²) in [5, 5.41) is 9.16. The molecule has 0 radical (unpaired) electrons. The van der Waals surface area contributed by atoms with E-state index in [0.29, 0.717) is 13.2 Å². The Morgan fingerprint density at radius 3 is 2.83 bits per heavy atom. The van der Waals surface area contributed by atoms with Crippen molar-refractivity contribution < 1.29 is 9.84 Å². The summed E-state index contributed by atoms with van der Waals surface area (Å²) in [6, 6.07) is 0. The molecule has 2 N–H and O–H groups in total. The Balaban J connectivity index is 2.27. The molecular weight excluding hydrogens is 156 g/mol. The summed E-state index contributed by atoms with van der Waals surface area (Å²) in [6.45, 7) is 3.17. The second-order valence-electron chi connectivity index (χ2n) is 3.35. The lowest BCUT2D eigenvalue weighted by atomic mass is 9.86. The molecule has 1 fully saturated rings. The number of nitrogens with one attached hydrogen (secondary N) is 1. The van der Waals surface area contributed by atoms with E-state index in [2.05, 4.69) is 9.97 Å². The summed E-state index contributed by atoms with van der Waals surface area (Å²) in [7, 11) is 0. The van der Waals surface area contributed by atoms with Crippen molar-refractivity contribution >= 4 is 0 Å². The van der Waals surface area contributed by atoms with E-state index >= 15 is 0 Å². The third kappa shape index (κ3) is 0.956. The first-order valence-electron chi connectivity index (χ1n) is 3.97. The molecule has 66 valence electrons. The number of hydrogen-bond acceptors (Lipinski definition) is 3. The van der Waals surface area contributed by atoms with E-state index in [1.165, 1.54) is 0 Å². The molecular formula is C8H12N2O2. The van der Waals surface area contributed by atoms with Crippen LogP contribution < -0.4 is 0 Å². The number of aliphatic hydroxyl groups is 1. The molecule has 4 nitrogen and oxygen atoms in total. The molecule has 0 aromatic carbocycles. The first kappa shape index (κ1) is 7.76. The first-order chi connectivity index (χ1) is 5.77. The fraction of sp³-hybridized carbons (Fsp3) is 0.625. The van der Waals surface area contributed by atoms with Crippen molar-refractivity contribution in [3.8, 4) is 0 Å². The minimum atomic E-state index is -0.256. The molecule has 1 aromatic heterocycles. The number of nitrogens with zero attached hydrogens (tertiary/aromatic N) is 1. The van der Waals surface area contributed by atoms with Gasteiger partial charge in [-0.3, -0.25) is 0 Å². The van der Waals surface area contributed by atoms with Crippen LogP contribution in [0.3, 0.4) is 0 Å². The van der Waals surface area contributed by atoms with Gasteiger partial charge in [0, 0.05) is 11.9 Å². The number of aromatic amines is 1. The van der Waals surface area contributed by atoms with Gasteiger partial charge >= 0.3 is 0 Å². The minimum Gasteiger partial charge on any atom is -0.395 e. The summed E-state index contributed by atoms with van der Waals surface area (Å²) in [5.41, 5.74) is 0.763. The van der Waals surface area contributed by atoms with Crippen LogP contribution in [0.5, 0.6) is 0 Å². The average molecular weight is 168 g/mol. The molecule has 2 heterocycles. The van der Waals surface area contributed by atoms with E-state index < -0.39 is 0 Å². The molecule has 0 bridgehead atoms. The predicted octanol–water partition coefficient (Wildman–Crippen LogP) is -0.0216. The Labute approximate surface area is 70.6 Å². The van der Waals surface area contributed by atoms with Gasteiger partial charge in [-0.2, -0.15) is 0 Å². The Morgan fingerprint density at radius 1 is 1.75 bits per heavy atom. The van der Waals surface area contributed by atoms with Crippen molar-refractivity contribution in [2.24, 2.45) is 0 Å². The lowest BCUT2D eigenvalue weighted by molar-refractivity contribution is -0.0880. The Morgan fingerprint density at radius 2 is 2.50 bits per heavy atom. The number of imidazole rings is 1. The lowest BCUT2D eigenvalue weighted by Gasteiger charge is -2.37. The van der Waals surface area contributed by atoms with Gasteiger partial charge < -0.3 is 14.8 Å². The number of hydrogen-bond donors (Lipinski definition) is 2. The van der Waals surface area contributed by atoms with E-state index in [0.717, 1.165) is 11.5 Å². The predicted molar refractivity (Wildman–Crippen MR) is 42.9 cm³/mol. The molecule has 0 amide bonds. The molecule has 0 spiro atoms. The maximum absolute atomic E-state index is 9.16. The van der Waals surface area contributed by atoms with Gasteiger partial charge in [0.2, 0.25) is 0 Å². The Bertz CT molecular complexity index is 273. The van der Waals surface area contributed by atoms with E-state index in [1.807, 2.05) is 6.92 Å². The summed E-state index contributed by atoms with van der Waals surface area (Å²) in [5.74, 6) is 0.841. The molecule has 4 heteroatoms. The average Bonchev–Trinajstić information content (AvgIpc) is 2.35. The van der Waals surface area contributed by atoms with Crippen molar-refractivity contribution in [1.29, 1.82) is 0 Å². The first-order valence-corrected chi connectivity index (χ1v) is 3.97. The van der Waals surface area contributed by atoms with Crippen LogP contribution in [0.25, 0.3) is 0 Å². The van der Waals surface area contributed by atoms with E-state index in [1.54, 1.807) is 6.20 Å². The summed E-state index contributed by atoms with van der Waals surface area (Å²) >= 11 is 0.